The van der Waals surface area contributed by atoms with E-state index in [0.29, 0.717) is 48.1 Å². The Morgan fingerprint density at radius 3 is 2.51 bits per heavy atom. The van der Waals surface area contributed by atoms with Crippen LogP contribution in [0.15, 0.2) is 48.9 Å². The number of hydrogen-bond donors (Lipinski definition) is 1. The van der Waals surface area contributed by atoms with Crippen molar-refractivity contribution in [3.8, 4) is 17.3 Å². The quantitative estimate of drug-likeness (QED) is 0.515. The van der Waals surface area contributed by atoms with Crippen LogP contribution in [0.1, 0.15) is 61.3 Å². The monoisotopic (exact) mass is 495 g/mol. The van der Waals surface area contributed by atoms with Crippen LogP contribution in [0.2, 0.25) is 0 Å². The normalized spacial score (nSPS) is 26.6. The van der Waals surface area contributed by atoms with Crippen molar-refractivity contribution in [1.82, 2.24) is 24.6 Å². The van der Waals surface area contributed by atoms with E-state index in [1.165, 1.54) is 0 Å². The van der Waals surface area contributed by atoms with Crippen LogP contribution in [-0.2, 0) is 4.74 Å². The van der Waals surface area contributed by atoms with E-state index >= 15 is 0 Å². The molecule has 1 amide bonds. The number of benzene rings is 1. The molecule has 4 aliphatic heterocycles. The maximum Gasteiger partial charge on any atom is 0.254 e. The van der Waals surface area contributed by atoms with Crippen molar-refractivity contribution in [3.63, 3.8) is 0 Å². The van der Waals surface area contributed by atoms with Crippen molar-refractivity contribution in [2.24, 2.45) is 5.92 Å². The van der Waals surface area contributed by atoms with E-state index in [-0.39, 0.29) is 11.9 Å². The zero-order chi connectivity index (χ0) is 24.9. The smallest absolute Gasteiger partial charge is 0.254 e. The minimum absolute atomic E-state index is 0.122. The molecular weight excluding hydrogens is 466 g/mol. The van der Waals surface area contributed by atoms with Gasteiger partial charge in [-0.05, 0) is 74.8 Å². The van der Waals surface area contributed by atoms with Crippen LogP contribution in [0.5, 0.6) is 0 Å². The van der Waals surface area contributed by atoms with Crippen molar-refractivity contribution in [1.29, 1.82) is 5.26 Å². The van der Waals surface area contributed by atoms with E-state index in [1.54, 1.807) is 12.4 Å². The number of nitrogens with one attached hydrogen (secondary N) is 1. The minimum Gasteiger partial charge on any atom is -0.375 e. The number of carbonyl (C=O) groups excluding carboxylic acids is 1. The second kappa shape index (κ2) is 8.96. The number of carbonyl (C=O) groups is 1. The topological polar surface area (TPSA) is 109 Å². The van der Waals surface area contributed by atoms with Gasteiger partial charge in [0.1, 0.15) is 0 Å². The molecule has 37 heavy (non-hydrogen) atoms. The van der Waals surface area contributed by atoms with Gasteiger partial charge in [0.15, 0.2) is 0 Å². The molecule has 8 rings (SSSR count). The number of ether oxygens (including phenoxy) is 1. The van der Waals surface area contributed by atoms with Gasteiger partial charge in [-0.2, -0.15) is 10.4 Å². The molecular formula is C28H29N7O2. The van der Waals surface area contributed by atoms with Crippen LogP contribution in [0.25, 0.3) is 11.3 Å². The summed E-state index contributed by atoms with van der Waals surface area (Å²) < 4.78 is 7.94. The van der Waals surface area contributed by atoms with Gasteiger partial charge in [0.05, 0.1) is 42.6 Å². The molecule has 9 heteroatoms. The average Bonchev–Trinajstić information content (AvgIpc) is 3.62. The maximum absolute atomic E-state index is 13.4. The number of aromatic nitrogens is 4. The highest BCUT2D eigenvalue weighted by Crippen LogP contribution is 2.43. The van der Waals surface area contributed by atoms with Gasteiger partial charge in [-0.15, -0.1) is 0 Å². The molecule has 4 bridgehead atoms. The molecule has 3 aromatic rings. The molecule has 1 unspecified atom stereocenters. The van der Waals surface area contributed by atoms with Crippen LogP contribution in [0.4, 0.5) is 11.6 Å². The molecule has 1 atom stereocenters. The lowest BCUT2D eigenvalue weighted by Crippen LogP contribution is -2.63. The predicted octanol–water partition coefficient (Wildman–Crippen LogP) is 4.48. The summed E-state index contributed by atoms with van der Waals surface area (Å²) in [5.41, 5.74) is 3.19. The molecule has 1 N–H and O–H groups in total. The van der Waals surface area contributed by atoms with Crippen molar-refractivity contribution in [2.75, 3.05) is 5.32 Å². The second-order valence-corrected chi connectivity index (χ2v) is 10.8. The molecule has 188 valence electrons. The summed E-state index contributed by atoms with van der Waals surface area (Å²) in [5.74, 6) is 1.14. The molecule has 5 aliphatic rings. The largest absolute Gasteiger partial charge is 0.375 e. The van der Waals surface area contributed by atoms with Crippen LogP contribution in [0, 0.1) is 17.2 Å². The molecule has 1 saturated carbocycles. The van der Waals surface area contributed by atoms with Gasteiger partial charge in [0.25, 0.3) is 5.91 Å². The Bertz CT molecular complexity index is 1330. The van der Waals surface area contributed by atoms with Crippen molar-refractivity contribution >= 4 is 17.5 Å². The fourth-order valence-electron chi connectivity index (χ4n) is 6.43. The number of nitrogens with zero attached hydrogens (tertiary/aromatic N) is 6. The van der Waals surface area contributed by atoms with Crippen LogP contribution < -0.4 is 5.32 Å². The number of amides is 1. The summed E-state index contributed by atoms with van der Waals surface area (Å²) in [6.45, 7) is 0. The Kier molecular flexibility index (Phi) is 5.43. The molecule has 2 aromatic heterocycles. The molecule has 4 saturated heterocycles. The highest BCUT2D eigenvalue weighted by molar-refractivity contribution is 5.95. The summed E-state index contributed by atoms with van der Waals surface area (Å²) in [6, 6.07) is 12.5. The molecule has 1 aromatic carbocycles. The first-order chi connectivity index (χ1) is 18.1. The highest BCUT2D eigenvalue weighted by atomic mass is 16.5. The Morgan fingerprint density at radius 2 is 1.84 bits per heavy atom. The molecule has 6 heterocycles. The van der Waals surface area contributed by atoms with Crippen molar-refractivity contribution in [2.45, 2.75) is 75.3 Å². The van der Waals surface area contributed by atoms with Gasteiger partial charge in [-0.25, -0.2) is 9.97 Å². The van der Waals surface area contributed by atoms with E-state index in [2.05, 4.69) is 31.4 Å². The number of piperidine rings is 2. The van der Waals surface area contributed by atoms with E-state index in [0.717, 1.165) is 55.5 Å². The Morgan fingerprint density at radius 1 is 1.11 bits per heavy atom. The van der Waals surface area contributed by atoms with Crippen LogP contribution >= 0.6 is 0 Å². The molecule has 0 spiro atoms. The molecule has 1 aliphatic carbocycles. The second-order valence-electron chi connectivity index (χ2n) is 10.8. The van der Waals surface area contributed by atoms with E-state index in [1.807, 2.05) is 41.2 Å². The van der Waals surface area contributed by atoms with Gasteiger partial charge in [-0.1, -0.05) is 0 Å². The summed E-state index contributed by atoms with van der Waals surface area (Å²) in [6.07, 6.45) is 12.8. The third kappa shape index (κ3) is 4.25. The van der Waals surface area contributed by atoms with Gasteiger partial charge in [0, 0.05) is 41.3 Å². The third-order valence-electron chi connectivity index (χ3n) is 8.29. The van der Waals surface area contributed by atoms with Gasteiger partial charge >= 0.3 is 0 Å². The van der Waals surface area contributed by atoms with Gasteiger partial charge < -0.3 is 15.0 Å². The van der Waals surface area contributed by atoms with Crippen LogP contribution in [-0.4, -0.2) is 54.8 Å². The standard InChI is InChI=1S/C28H29N7O2/c29-9-7-26(17-1-2-17)34-16-19(15-31-34)25-8-10-30-28(33-25)32-20-5-3-18(4-6-20)27(36)35-21-11-23-13-22(35)14-24(12-21)37-23/h3-6,8,10,15-17,21-24,26H,1-2,7,11-14H2,(H,30,32,33). The lowest BCUT2D eigenvalue weighted by molar-refractivity contribution is -0.169. The predicted molar refractivity (Wildman–Crippen MR) is 136 cm³/mol. The Balaban J connectivity index is 1.04. The first-order valence-electron chi connectivity index (χ1n) is 13.2. The zero-order valence-electron chi connectivity index (χ0n) is 20.5. The number of hydrogen-bond acceptors (Lipinski definition) is 7. The van der Waals surface area contributed by atoms with E-state index < -0.39 is 0 Å². The zero-order valence-corrected chi connectivity index (χ0v) is 20.5. The number of rotatable bonds is 7. The molecule has 0 radical (unpaired) electrons. The summed E-state index contributed by atoms with van der Waals surface area (Å²) in [5, 5.41) is 17.0. The lowest BCUT2D eigenvalue weighted by atomic mass is 9.78. The van der Waals surface area contributed by atoms with E-state index in [9.17, 15) is 10.1 Å². The van der Waals surface area contributed by atoms with Crippen LogP contribution in [0.3, 0.4) is 0 Å². The molecule has 9 nitrogen and oxygen atoms in total. The number of anilines is 2. The first kappa shape index (κ1) is 22.4. The SMILES string of the molecule is N#CCC(C1CC1)n1cc(-c2ccnc(Nc3ccc(C(=O)N4C5CC6CC4CC(C5)O6)cc3)n2)cn1. The van der Waals surface area contributed by atoms with Crippen molar-refractivity contribution in [3.05, 3.63) is 54.5 Å². The Hall–Kier alpha value is -3.77. The highest BCUT2D eigenvalue weighted by Gasteiger charge is 2.49. The van der Waals surface area contributed by atoms with E-state index in [4.69, 9.17) is 4.74 Å². The fourth-order valence-corrected chi connectivity index (χ4v) is 6.43. The van der Waals surface area contributed by atoms with Crippen molar-refractivity contribution < 1.29 is 9.53 Å². The molecule has 5 fully saturated rings. The Labute approximate surface area is 215 Å². The fraction of sp³-hybridized carbons (Fsp3) is 0.464. The summed E-state index contributed by atoms with van der Waals surface area (Å²) >= 11 is 0. The maximum atomic E-state index is 13.4. The van der Waals surface area contributed by atoms with Gasteiger partial charge in [0.2, 0.25) is 5.95 Å². The first-order valence-corrected chi connectivity index (χ1v) is 13.2. The summed E-state index contributed by atoms with van der Waals surface area (Å²) in [4.78, 5) is 24.5. The third-order valence-corrected chi connectivity index (χ3v) is 8.29. The summed E-state index contributed by atoms with van der Waals surface area (Å²) in [7, 11) is 0. The average molecular weight is 496 g/mol. The minimum atomic E-state index is 0.122. The van der Waals surface area contributed by atoms with Gasteiger partial charge in [-0.3, -0.25) is 9.48 Å². The lowest BCUT2D eigenvalue weighted by Gasteiger charge is -2.56. The number of nitriles is 1.